The Bertz CT molecular complexity index is 403. The summed E-state index contributed by atoms with van der Waals surface area (Å²) < 4.78 is 5.80. The normalized spacial score (nSPS) is 16.3. The molecule has 1 aromatic rings. The molecule has 0 atom stereocenters. The number of aromatic nitrogens is 1. The third kappa shape index (κ3) is 6.44. The van der Waals surface area contributed by atoms with E-state index in [9.17, 15) is 0 Å². The van der Waals surface area contributed by atoms with Crippen LogP contribution in [0.5, 0.6) is 5.88 Å². The van der Waals surface area contributed by atoms with Crippen LogP contribution in [0.3, 0.4) is 0 Å². The molecule has 0 aromatic carbocycles. The first-order valence-corrected chi connectivity index (χ1v) is 8.26. The Labute approximate surface area is 128 Å². The first-order valence-electron chi connectivity index (χ1n) is 8.26. The second-order valence-corrected chi connectivity index (χ2v) is 6.24. The van der Waals surface area contributed by atoms with Crippen LogP contribution in [-0.2, 0) is 6.54 Å². The number of pyridine rings is 1. The smallest absolute Gasteiger partial charge is 0.213 e. The fraction of sp³-hybridized carbons (Fsp3) is 0.706. The molecule has 0 aliphatic carbocycles. The van der Waals surface area contributed by atoms with Crippen molar-refractivity contribution < 1.29 is 4.74 Å². The predicted molar refractivity (Wildman–Crippen MR) is 86.6 cm³/mol. The molecule has 0 bridgehead atoms. The van der Waals surface area contributed by atoms with Crippen LogP contribution in [-0.4, -0.2) is 42.7 Å². The molecule has 1 N–H and O–H groups in total. The van der Waals surface area contributed by atoms with E-state index in [-0.39, 0.29) is 0 Å². The van der Waals surface area contributed by atoms with Crippen molar-refractivity contribution in [1.29, 1.82) is 0 Å². The van der Waals surface area contributed by atoms with Crippen LogP contribution in [0.2, 0.25) is 0 Å². The average Bonchev–Trinajstić information content (AvgIpc) is 2.48. The molecule has 2 rings (SSSR count). The summed E-state index contributed by atoms with van der Waals surface area (Å²) in [6, 6.07) is 6.02. The lowest BCUT2D eigenvalue weighted by Gasteiger charge is -2.26. The van der Waals surface area contributed by atoms with E-state index in [0.717, 1.165) is 37.8 Å². The maximum atomic E-state index is 5.80. The first kappa shape index (κ1) is 16.2. The fourth-order valence-corrected chi connectivity index (χ4v) is 2.59. The standard InChI is InChI=1S/C17H29N3O/c1-15(2)13-18-14-16-7-6-8-17(19-16)21-12-11-20-9-4-3-5-10-20/h6-8,15,18H,3-5,9-14H2,1-2H3. The maximum absolute atomic E-state index is 5.80. The Hall–Kier alpha value is -1.13. The van der Waals surface area contributed by atoms with Crippen LogP contribution in [0.15, 0.2) is 18.2 Å². The predicted octanol–water partition coefficient (Wildman–Crippen LogP) is 2.69. The van der Waals surface area contributed by atoms with Gasteiger partial charge in [0, 0.05) is 19.2 Å². The highest BCUT2D eigenvalue weighted by Crippen LogP contribution is 2.10. The van der Waals surface area contributed by atoms with E-state index in [1.165, 1.54) is 32.4 Å². The zero-order valence-electron chi connectivity index (χ0n) is 13.5. The van der Waals surface area contributed by atoms with E-state index >= 15 is 0 Å². The van der Waals surface area contributed by atoms with E-state index < -0.39 is 0 Å². The lowest BCUT2D eigenvalue weighted by Crippen LogP contribution is -2.33. The topological polar surface area (TPSA) is 37.4 Å². The lowest BCUT2D eigenvalue weighted by atomic mass is 10.1. The number of rotatable bonds is 8. The van der Waals surface area contributed by atoms with Crippen molar-refractivity contribution in [2.45, 2.75) is 39.7 Å². The van der Waals surface area contributed by atoms with Crippen molar-refractivity contribution in [3.8, 4) is 5.88 Å². The minimum Gasteiger partial charge on any atom is -0.476 e. The summed E-state index contributed by atoms with van der Waals surface area (Å²) in [4.78, 5) is 7.03. The number of likely N-dealkylation sites (tertiary alicyclic amines) is 1. The summed E-state index contributed by atoms with van der Waals surface area (Å²) >= 11 is 0. The van der Waals surface area contributed by atoms with Crippen molar-refractivity contribution in [3.63, 3.8) is 0 Å². The molecule has 118 valence electrons. The molecule has 0 saturated carbocycles. The van der Waals surface area contributed by atoms with Gasteiger partial charge < -0.3 is 10.1 Å². The van der Waals surface area contributed by atoms with E-state index in [1.54, 1.807) is 0 Å². The Balaban J connectivity index is 1.70. The van der Waals surface area contributed by atoms with Crippen LogP contribution in [0.4, 0.5) is 0 Å². The summed E-state index contributed by atoms with van der Waals surface area (Å²) in [5, 5.41) is 3.41. The molecule has 1 fully saturated rings. The molecule has 21 heavy (non-hydrogen) atoms. The van der Waals surface area contributed by atoms with Gasteiger partial charge in [-0.15, -0.1) is 0 Å². The van der Waals surface area contributed by atoms with Crippen molar-refractivity contribution in [3.05, 3.63) is 23.9 Å². The molecule has 0 amide bonds. The molecular formula is C17H29N3O. The number of nitrogens with zero attached hydrogens (tertiary/aromatic N) is 2. The van der Waals surface area contributed by atoms with Gasteiger partial charge in [-0.2, -0.15) is 0 Å². The van der Waals surface area contributed by atoms with Gasteiger partial charge in [-0.05, 0) is 44.5 Å². The molecule has 4 heteroatoms. The maximum Gasteiger partial charge on any atom is 0.213 e. The van der Waals surface area contributed by atoms with Crippen molar-refractivity contribution in [2.75, 3.05) is 32.8 Å². The van der Waals surface area contributed by atoms with Gasteiger partial charge in [-0.25, -0.2) is 4.98 Å². The largest absolute Gasteiger partial charge is 0.476 e. The lowest BCUT2D eigenvalue weighted by molar-refractivity contribution is 0.180. The van der Waals surface area contributed by atoms with Crippen molar-refractivity contribution >= 4 is 0 Å². The highest BCUT2D eigenvalue weighted by Gasteiger charge is 2.09. The third-order valence-electron chi connectivity index (χ3n) is 3.75. The van der Waals surface area contributed by atoms with Gasteiger partial charge in [0.05, 0.1) is 5.69 Å². The Morgan fingerprint density at radius 3 is 2.81 bits per heavy atom. The second-order valence-electron chi connectivity index (χ2n) is 6.24. The summed E-state index contributed by atoms with van der Waals surface area (Å²) in [5.41, 5.74) is 1.05. The summed E-state index contributed by atoms with van der Waals surface area (Å²) in [7, 11) is 0. The van der Waals surface area contributed by atoms with Gasteiger partial charge in [0.25, 0.3) is 0 Å². The van der Waals surface area contributed by atoms with Crippen LogP contribution in [0.1, 0.15) is 38.8 Å². The molecule has 2 heterocycles. The monoisotopic (exact) mass is 291 g/mol. The van der Waals surface area contributed by atoms with Crippen LogP contribution < -0.4 is 10.1 Å². The van der Waals surface area contributed by atoms with E-state index in [4.69, 9.17) is 4.74 Å². The van der Waals surface area contributed by atoms with E-state index in [1.807, 2.05) is 18.2 Å². The fourth-order valence-electron chi connectivity index (χ4n) is 2.59. The van der Waals surface area contributed by atoms with Gasteiger partial charge in [-0.1, -0.05) is 26.3 Å². The van der Waals surface area contributed by atoms with Crippen LogP contribution >= 0.6 is 0 Å². The number of hydrogen-bond donors (Lipinski definition) is 1. The Morgan fingerprint density at radius 2 is 2.05 bits per heavy atom. The van der Waals surface area contributed by atoms with Crippen molar-refractivity contribution in [2.24, 2.45) is 5.92 Å². The molecule has 1 aromatic heterocycles. The molecule has 4 nitrogen and oxygen atoms in total. The number of nitrogens with one attached hydrogen (secondary N) is 1. The minimum absolute atomic E-state index is 0.661. The second kappa shape index (κ2) is 9.00. The minimum atomic E-state index is 0.661. The SMILES string of the molecule is CC(C)CNCc1cccc(OCCN2CCCCC2)n1. The third-order valence-corrected chi connectivity index (χ3v) is 3.75. The molecule has 0 radical (unpaired) electrons. The van der Waals surface area contributed by atoms with E-state index in [2.05, 4.69) is 29.0 Å². The first-order chi connectivity index (χ1) is 10.2. The molecule has 1 aliphatic rings. The Kier molecular flexibility index (Phi) is 6.96. The summed E-state index contributed by atoms with van der Waals surface area (Å²) in [6.45, 7) is 10.4. The van der Waals surface area contributed by atoms with Crippen LogP contribution in [0, 0.1) is 5.92 Å². The number of ether oxygens (including phenoxy) is 1. The number of hydrogen-bond acceptors (Lipinski definition) is 4. The molecule has 0 spiro atoms. The van der Waals surface area contributed by atoms with Gasteiger partial charge in [0.2, 0.25) is 5.88 Å². The molecular weight excluding hydrogens is 262 g/mol. The highest BCUT2D eigenvalue weighted by molar-refractivity contribution is 5.15. The summed E-state index contributed by atoms with van der Waals surface area (Å²) in [6.07, 6.45) is 4.04. The average molecular weight is 291 g/mol. The zero-order valence-corrected chi connectivity index (χ0v) is 13.5. The molecule has 1 aliphatic heterocycles. The Morgan fingerprint density at radius 1 is 1.24 bits per heavy atom. The quantitative estimate of drug-likeness (QED) is 0.799. The van der Waals surface area contributed by atoms with Crippen molar-refractivity contribution in [1.82, 2.24) is 15.2 Å². The van der Waals surface area contributed by atoms with Gasteiger partial charge in [-0.3, -0.25) is 4.90 Å². The summed E-state index contributed by atoms with van der Waals surface area (Å²) in [5.74, 6) is 1.41. The highest BCUT2D eigenvalue weighted by atomic mass is 16.5. The van der Waals surface area contributed by atoms with Gasteiger partial charge >= 0.3 is 0 Å². The van der Waals surface area contributed by atoms with Gasteiger partial charge in [0.15, 0.2) is 0 Å². The molecule has 0 unspecified atom stereocenters. The molecule has 1 saturated heterocycles. The van der Waals surface area contributed by atoms with E-state index in [0.29, 0.717) is 5.92 Å². The zero-order chi connectivity index (χ0) is 14.9. The number of piperidine rings is 1. The van der Waals surface area contributed by atoms with Gasteiger partial charge in [0.1, 0.15) is 6.61 Å². The van der Waals surface area contributed by atoms with Crippen LogP contribution in [0.25, 0.3) is 0 Å².